The molecule has 1 N–H and O–H groups in total. The van der Waals surface area contributed by atoms with E-state index in [9.17, 15) is 0 Å². The van der Waals surface area contributed by atoms with Gasteiger partial charge in [0, 0.05) is 35.9 Å². The molecule has 0 spiro atoms. The van der Waals surface area contributed by atoms with Gasteiger partial charge in [0.1, 0.15) is 5.84 Å². The average molecular weight is 272 g/mol. The SMILES string of the molecule is Clc1ccc(CC2=NCCN2)c(-c2cccnc2)c1. The fourth-order valence-electron chi connectivity index (χ4n) is 2.24. The molecule has 2 aromatic rings. The van der Waals surface area contributed by atoms with Crippen molar-refractivity contribution in [3.63, 3.8) is 0 Å². The highest BCUT2D eigenvalue weighted by molar-refractivity contribution is 6.30. The second-order valence-electron chi connectivity index (χ2n) is 4.48. The minimum atomic E-state index is 0.740. The summed E-state index contributed by atoms with van der Waals surface area (Å²) in [5.41, 5.74) is 3.42. The Hall–Kier alpha value is -1.87. The minimum Gasteiger partial charge on any atom is -0.372 e. The smallest absolute Gasteiger partial charge is 0.101 e. The number of nitrogens with zero attached hydrogens (tertiary/aromatic N) is 2. The normalized spacial score (nSPS) is 14.1. The number of hydrogen-bond donors (Lipinski definition) is 1. The van der Waals surface area contributed by atoms with Gasteiger partial charge in [-0.25, -0.2) is 0 Å². The van der Waals surface area contributed by atoms with Crippen LogP contribution in [0.25, 0.3) is 11.1 Å². The van der Waals surface area contributed by atoms with Gasteiger partial charge in [-0.2, -0.15) is 0 Å². The highest BCUT2D eigenvalue weighted by Crippen LogP contribution is 2.27. The van der Waals surface area contributed by atoms with Crippen LogP contribution in [-0.4, -0.2) is 23.9 Å². The van der Waals surface area contributed by atoms with Crippen LogP contribution in [0.15, 0.2) is 47.7 Å². The zero-order valence-electron chi connectivity index (χ0n) is 10.4. The molecule has 0 atom stereocenters. The highest BCUT2D eigenvalue weighted by atomic mass is 35.5. The highest BCUT2D eigenvalue weighted by Gasteiger charge is 2.11. The van der Waals surface area contributed by atoms with Crippen molar-refractivity contribution in [3.8, 4) is 11.1 Å². The Labute approximate surface area is 117 Å². The monoisotopic (exact) mass is 271 g/mol. The van der Waals surface area contributed by atoms with Crippen LogP contribution in [0, 0.1) is 0 Å². The second kappa shape index (κ2) is 5.41. The number of benzene rings is 1. The number of amidine groups is 1. The molecule has 0 amide bonds. The first-order valence-corrected chi connectivity index (χ1v) is 6.67. The standard InChI is InChI=1S/C15H14ClN3/c16-13-4-3-11(8-15-18-6-7-19-15)14(9-13)12-2-1-5-17-10-12/h1-5,9-10H,6-8H2,(H,18,19). The third-order valence-electron chi connectivity index (χ3n) is 3.15. The summed E-state index contributed by atoms with van der Waals surface area (Å²) in [4.78, 5) is 8.62. The van der Waals surface area contributed by atoms with Crippen molar-refractivity contribution in [2.24, 2.45) is 4.99 Å². The molecule has 0 bridgehead atoms. The molecule has 0 saturated carbocycles. The van der Waals surface area contributed by atoms with Crippen molar-refractivity contribution < 1.29 is 0 Å². The van der Waals surface area contributed by atoms with Crippen molar-refractivity contribution in [2.75, 3.05) is 13.1 Å². The first kappa shape index (κ1) is 12.2. The summed E-state index contributed by atoms with van der Waals surface area (Å²) >= 11 is 6.12. The van der Waals surface area contributed by atoms with Gasteiger partial charge >= 0.3 is 0 Å². The van der Waals surface area contributed by atoms with Crippen molar-refractivity contribution in [2.45, 2.75) is 6.42 Å². The Morgan fingerprint density at radius 3 is 2.95 bits per heavy atom. The first-order chi connectivity index (χ1) is 9.33. The zero-order valence-corrected chi connectivity index (χ0v) is 11.2. The van der Waals surface area contributed by atoms with E-state index in [4.69, 9.17) is 11.6 Å². The van der Waals surface area contributed by atoms with Crippen LogP contribution in [0.2, 0.25) is 5.02 Å². The average Bonchev–Trinajstić information content (AvgIpc) is 2.95. The van der Waals surface area contributed by atoms with E-state index in [-0.39, 0.29) is 0 Å². The molecule has 2 heterocycles. The van der Waals surface area contributed by atoms with Crippen molar-refractivity contribution >= 4 is 17.4 Å². The number of halogens is 1. The lowest BCUT2D eigenvalue weighted by atomic mass is 9.98. The van der Waals surface area contributed by atoms with Gasteiger partial charge in [-0.05, 0) is 29.3 Å². The molecule has 0 unspecified atom stereocenters. The lowest BCUT2D eigenvalue weighted by Gasteiger charge is -2.10. The number of hydrogen-bond acceptors (Lipinski definition) is 3. The van der Waals surface area contributed by atoms with Gasteiger partial charge in [-0.3, -0.25) is 9.98 Å². The van der Waals surface area contributed by atoms with E-state index < -0.39 is 0 Å². The summed E-state index contributed by atoms with van der Waals surface area (Å²) in [7, 11) is 0. The summed E-state index contributed by atoms with van der Waals surface area (Å²) in [6.45, 7) is 1.80. The van der Waals surface area contributed by atoms with E-state index in [0.29, 0.717) is 0 Å². The summed E-state index contributed by atoms with van der Waals surface area (Å²) < 4.78 is 0. The predicted molar refractivity (Wildman–Crippen MR) is 78.7 cm³/mol. The molecule has 1 aliphatic heterocycles. The lowest BCUT2D eigenvalue weighted by molar-refractivity contribution is 0.953. The van der Waals surface area contributed by atoms with E-state index in [1.807, 2.05) is 30.5 Å². The Morgan fingerprint density at radius 2 is 2.21 bits per heavy atom. The second-order valence-corrected chi connectivity index (χ2v) is 4.91. The van der Waals surface area contributed by atoms with Crippen LogP contribution in [0.3, 0.4) is 0 Å². The summed E-state index contributed by atoms with van der Waals surface area (Å²) in [6, 6.07) is 9.96. The molecule has 0 radical (unpaired) electrons. The Kier molecular flexibility index (Phi) is 3.47. The van der Waals surface area contributed by atoms with E-state index in [2.05, 4.69) is 21.4 Å². The van der Waals surface area contributed by atoms with Gasteiger partial charge in [0.25, 0.3) is 0 Å². The fourth-order valence-corrected chi connectivity index (χ4v) is 2.41. The number of rotatable bonds is 3. The molecule has 1 aromatic carbocycles. The third kappa shape index (κ3) is 2.76. The van der Waals surface area contributed by atoms with Crippen molar-refractivity contribution in [1.82, 2.24) is 10.3 Å². The van der Waals surface area contributed by atoms with Crippen LogP contribution in [0.4, 0.5) is 0 Å². The van der Waals surface area contributed by atoms with Crippen LogP contribution in [0.5, 0.6) is 0 Å². The number of nitrogens with one attached hydrogen (secondary N) is 1. The van der Waals surface area contributed by atoms with E-state index >= 15 is 0 Å². The number of aliphatic imine (C=N–C) groups is 1. The largest absolute Gasteiger partial charge is 0.372 e. The third-order valence-corrected chi connectivity index (χ3v) is 3.38. The quantitative estimate of drug-likeness (QED) is 0.932. The van der Waals surface area contributed by atoms with Gasteiger partial charge in [-0.1, -0.05) is 23.7 Å². The summed E-state index contributed by atoms with van der Waals surface area (Å²) in [6.07, 6.45) is 4.44. The van der Waals surface area contributed by atoms with E-state index in [1.165, 1.54) is 5.56 Å². The molecule has 1 aliphatic rings. The Bertz CT molecular complexity index is 608. The molecule has 0 aliphatic carbocycles. The Balaban J connectivity index is 1.99. The van der Waals surface area contributed by atoms with E-state index in [0.717, 1.165) is 41.5 Å². The molecule has 1 aromatic heterocycles. The molecule has 0 saturated heterocycles. The van der Waals surface area contributed by atoms with Gasteiger partial charge in [-0.15, -0.1) is 0 Å². The molecule has 19 heavy (non-hydrogen) atoms. The van der Waals surface area contributed by atoms with Crippen LogP contribution in [-0.2, 0) is 6.42 Å². The molecular formula is C15H14ClN3. The van der Waals surface area contributed by atoms with Crippen LogP contribution >= 0.6 is 11.6 Å². The molecule has 3 nitrogen and oxygen atoms in total. The van der Waals surface area contributed by atoms with Crippen molar-refractivity contribution in [1.29, 1.82) is 0 Å². The molecule has 96 valence electrons. The first-order valence-electron chi connectivity index (χ1n) is 6.29. The molecule has 4 heteroatoms. The van der Waals surface area contributed by atoms with E-state index in [1.54, 1.807) is 6.20 Å². The number of pyridine rings is 1. The van der Waals surface area contributed by atoms with Gasteiger partial charge in [0.2, 0.25) is 0 Å². The topological polar surface area (TPSA) is 37.3 Å². The maximum absolute atomic E-state index is 6.12. The van der Waals surface area contributed by atoms with Gasteiger partial charge in [0.05, 0.1) is 6.54 Å². The Morgan fingerprint density at radius 1 is 1.26 bits per heavy atom. The fraction of sp³-hybridized carbons (Fsp3) is 0.200. The van der Waals surface area contributed by atoms with Crippen LogP contribution in [0.1, 0.15) is 5.56 Å². The van der Waals surface area contributed by atoms with Crippen LogP contribution < -0.4 is 5.32 Å². The molecule has 0 fully saturated rings. The summed E-state index contributed by atoms with van der Waals surface area (Å²) in [5, 5.41) is 4.04. The predicted octanol–water partition coefficient (Wildman–Crippen LogP) is 2.95. The lowest BCUT2D eigenvalue weighted by Crippen LogP contribution is -2.20. The zero-order chi connectivity index (χ0) is 13.1. The molecular weight excluding hydrogens is 258 g/mol. The maximum Gasteiger partial charge on any atom is 0.101 e. The van der Waals surface area contributed by atoms with Crippen molar-refractivity contribution in [3.05, 3.63) is 53.3 Å². The summed E-state index contributed by atoms with van der Waals surface area (Å²) in [5.74, 6) is 1.05. The van der Waals surface area contributed by atoms with Gasteiger partial charge in [0.15, 0.2) is 0 Å². The minimum absolute atomic E-state index is 0.740. The maximum atomic E-state index is 6.12. The molecule has 3 rings (SSSR count). The van der Waals surface area contributed by atoms with Gasteiger partial charge < -0.3 is 5.32 Å². The number of aromatic nitrogens is 1.